The van der Waals surface area contributed by atoms with Gasteiger partial charge in [0.15, 0.2) is 0 Å². The van der Waals surface area contributed by atoms with E-state index in [1.54, 1.807) is 30.0 Å². The monoisotopic (exact) mass is 291 g/mol. The molecule has 112 valence electrons. The molecule has 1 atom stereocenters. The van der Waals surface area contributed by atoms with Crippen molar-refractivity contribution in [3.63, 3.8) is 0 Å². The van der Waals surface area contributed by atoms with Crippen molar-refractivity contribution in [2.24, 2.45) is 0 Å². The van der Waals surface area contributed by atoms with Crippen molar-refractivity contribution in [3.8, 4) is 0 Å². The molecule has 0 fully saturated rings. The van der Waals surface area contributed by atoms with Crippen LogP contribution in [0.3, 0.4) is 0 Å². The summed E-state index contributed by atoms with van der Waals surface area (Å²) in [6.07, 6.45) is 2.92. The summed E-state index contributed by atoms with van der Waals surface area (Å²) < 4.78 is 19.4. The topological polar surface area (TPSA) is 56.1 Å². The van der Waals surface area contributed by atoms with Crippen LogP contribution in [0.4, 0.5) is 10.1 Å². The smallest absolute Gasteiger partial charge is 0.250 e. The van der Waals surface area contributed by atoms with Gasteiger partial charge in [-0.1, -0.05) is 0 Å². The molecule has 0 bridgehead atoms. The minimum atomic E-state index is -0.362. The molecule has 0 aliphatic heterocycles. The van der Waals surface area contributed by atoms with Gasteiger partial charge in [0.25, 0.3) is 5.56 Å². The zero-order valence-corrected chi connectivity index (χ0v) is 12.0. The molecule has 2 aromatic heterocycles. The van der Waals surface area contributed by atoms with Gasteiger partial charge in [0, 0.05) is 25.9 Å². The van der Waals surface area contributed by atoms with Crippen LogP contribution >= 0.6 is 0 Å². The molecule has 0 radical (unpaired) electrons. The first-order chi connectivity index (χ1) is 10.1. The van der Waals surface area contributed by atoms with Crippen molar-refractivity contribution in [2.75, 3.05) is 19.0 Å². The minimum absolute atomic E-state index is 0.0786. The Hall–Kier alpha value is -2.21. The molecule has 2 aromatic rings. The van der Waals surface area contributed by atoms with E-state index in [9.17, 15) is 9.18 Å². The van der Waals surface area contributed by atoms with Gasteiger partial charge in [-0.25, -0.2) is 4.39 Å². The van der Waals surface area contributed by atoms with Crippen LogP contribution in [0.1, 0.15) is 18.7 Å². The van der Waals surface area contributed by atoms with Crippen molar-refractivity contribution in [1.29, 1.82) is 0 Å². The van der Waals surface area contributed by atoms with Crippen molar-refractivity contribution >= 4 is 5.69 Å². The van der Waals surface area contributed by atoms with Crippen LogP contribution in [-0.4, -0.2) is 23.3 Å². The third-order valence-corrected chi connectivity index (χ3v) is 3.10. The zero-order chi connectivity index (χ0) is 15.2. The predicted molar refractivity (Wildman–Crippen MR) is 78.8 cm³/mol. The van der Waals surface area contributed by atoms with Gasteiger partial charge in [-0.15, -0.1) is 0 Å². The summed E-state index contributed by atoms with van der Waals surface area (Å²) in [5, 5.41) is 3.24. The number of pyridine rings is 2. The summed E-state index contributed by atoms with van der Waals surface area (Å²) in [4.78, 5) is 15.7. The van der Waals surface area contributed by atoms with Crippen molar-refractivity contribution in [2.45, 2.75) is 19.5 Å². The van der Waals surface area contributed by atoms with Crippen molar-refractivity contribution < 1.29 is 9.13 Å². The molecular formula is C15H18FN3O2. The van der Waals surface area contributed by atoms with Gasteiger partial charge < -0.3 is 14.6 Å². The first-order valence-electron chi connectivity index (χ1n) is 6.67. The average Bonchev–Trinajstić information content (AvgIpc) is 2.48. The summed E-state index contributed by atoms with van der Waals surface area (Å²) in [5.41, 5.74) is 1.44. The molecule has 21 heavy (non-hydrogen) atoms. The summed E-state index contributed by atoms with van der Waals surface area (Å²) in [6.45, 7) is 2.89. The second kappa shape index (κ2) is 6.99. The van der Waals surface area contributed by atoms with E-state index in [0.29, 0.717) is 13.2 Å². The van der Waals surface area contributed by atoms with Gasteiger partial charge in [0.2, 0.25) is 0 Å². The van der Waals surface area contributed by atoms with Crippen LogP contribution in [0.2, 0.25) is 0 Å². The quantitative estimate of drug-likeness (QED) is 0.886. The van der Waals surface area contributed by atoms with Crippen molar-refractivity contribution in [1.82, 2.24) is 9.55 Å². The third kappa shape index (κ3) is 4.13. The Morgan fingerprint density at radius 1 is 1.38 bits per heavy atom. The highest BCUT2D eigenvalue weighted by atomic mass is 19.1. The number of rotatable bonds is 6. The standard InChI is InChI=1S/C15H18FN3O2/c1-11(14-5-3-12(16)9-17-14)18-13-4-6-15(20)19(10-13)7-8-21-2/h3-6,9-11,18H,7-8H2,1-2H3. The van der Waals surface area contributed by atoms with E-state index in [1.165, 1.54) is 18.3 Å². The maximum absolute atomic E-state index is 12.9. The van der Waals surface area contributed by atoms with Crippen LogP contribution in [0.5, 0.6) is 0 Å². The largest absolute Gasteiger partial charge is 0.383 e. The molecule has 0 spiro atoms. The Bertz CT molecular complexity index is 640. The van der Waals surface area contributed by atoms with Crippen LogP contribution in [0.15, 0.2) is 41.5 Å². The van der Waals surface area contributed by atoms with Gasteiger partial charge >= 0.3 is 0 Å². The SMILES string of the molecule is COCCn1cc(NC(C)c2ccc(F)cn2)ccc1=O. The van der Waals surface area contributed by atoms with Gasteiger partial charge in [-0.3, -0.25) is 9.78 Å². The van der Waals surface area contributed by atoms with Gasteiger partial charge in [-0.05, 0) is 25.1 Å². The highest BCUT2D eigenvalue weighted by Crippen LogP contribution is 2.16. The maximum Gasteiger partial charge on any atom is 0.250 e. The van der Waals surface area contributed by atoms with Gasteiger partial charge in [-0.2, -0.15) is 0 Å². The van der Waals surface area contributed by atoms with Crippen LogP contribution in [0.25, 0.3) is 0 Å². The van der Waals surface area contributed by atoms with E-state index in [4.69, 9.17) is 4.74 Å². The lowest BCUT2D eigenvalue weighted by Crippen LogP contribution is -2.21. The van der Waals surface area contributed by atoms with Crippen LogP contribution in [-0.2, 0) is 11.3 Å². The number of halogens is 1. The molecule has 0 saturated carbocycles. The highest BCUT2D eigenvalue weighted by Gasteiger charge is 2.08. The minimum Gasteiger partial charge on any atom is -0.383 e. The Morgan fingerprint density at radius 2 is 2.19 bits per heavy atom. The average molecular weight is 291 g/mol. The fourth-order valence-electron chi connectivity index (χ4n) is 1.95. The summed E-state index contributed by atoms with van der Waals surface area (Å²) in [7, 11) is 1.59. The summed E-state index contributed by atoms with van der Waals surface area (Å²) in [6, 6.07) is 6.13. The fourth-order valence-corrected chi connectivity index (χ4v) is 1.95. The summed E-state index contributed by atoms with van der Waals surface area (Å²) >= 11 is 0. The molecule has 0 aromatic carbocycles. The molecule has 1 N–H and O–H groups in total. The number of hydrogen-bond acceptors (Lipinski definition) is 4. The molecule has 0 aliphatic rings. The molecule has 6 heteroatoms. The second-order valence-corrected chi connectivity index (χ2v) is 4.71. The van der Waals surface area contributed by atoms with E-state index in [2.05, 4.69) is 10.3 Å². The maximum atomic E-state index is 12.9. The van der Waals surface area contributed by atoms with E-state index in [1.807, 2.05) is 6.92 Å². The Labute approximate surface area is 122 Å². The van der Waals surface area contributed by atoms with E-state index < -0.39 is 0 Å². The number of nitrogens with zero attached hydrogens (tertiary/aromatic N) is 2. The van der Waals surface area contributed by atoms with Crippen LogP contribution in [0, 0.1) is 5.82 Å². The van der Waals surface area contributed by atoms with E-state index in [-0.39, 0.29) is 17.4 Å². The number of nitrogens with one attached hydrogen (secondary N) is 1. The normalized spacial score (nSPS) is 12.1. The Kier molecular flexibility index (Phi) is 5.05. The van der Waals surface area contributed by atoms with E-state index in [0.717, 1.165) is 11.4 Å². The third-order valence-electron chi connectivity index (χ3n) is 3.10. The zero-order valence-electron chi connectivity index (χ0n) is 12.0. The first kappa shape index (κ1) is 15.2. The fraction of sp³-hybridized carbons (Fsp3) is 0.333. The van der Waals surface area contributed by atoms with Crippen LogP contribution < -0.4 is 10.9 Å². The Balaban J connectivity index is 2.11. The number of ether oxygens (including phenoxy) is 1. The molecular weight excluding hydrogens is 273 g/mol. The predicted octanol–water partition coefficient (Wildman–Crippen LogP) is 2.20. The lowest BCUT2D eigenvalue weighted by molar-refractivity contribution is 0.186. The lowest BCUT2D eigenvalue weighted by atomic mass is 10.2. The number of hydrogen-bond donors (Lipinski definition) is 1. The van der Waals surface area contributed by atoms with Crippen molar-refractivity contribution in [3.05, 3.63) is 58.5 Å². The molecule has 2 heterocycles. The number of methoxy groups -OCH3 is 1. The highest BCUT2D eigenvalue weighted by molar-refractivity contribution is 5.42. The lowest BCUT2D eigenvalue weighted by Gasteiger charge is -2.16. The Morgan fingerprint density at radius 3 is 2.86 bits per heavy atom. The number of anilines is 1. The number of aromatic nitrogens is 2. The molecule has 0 amide bonds. The molecule has 0 saturated heterocycles. The molecule has 2 rings (SSSR count). The van der Waals surface area contributed by atoms with Gasteiger partial charge in [0.1, 0.15) is 5.82 Å². The van der Waals surface area contributed by atoms with E-state index >= 15 is 0 Å². The second-order valence-electron chi connectivity index (χ2n) is 4.71. The molecule has 0 aliphatic carbocycles. The molecule has 5 nitrogen and oxygen atoms in total. The summed E-state index contributed by atoms with van der Waals surface area (Å²) in [5.74, 6) is -0.362. The van der Waals surface area contributed by atoms with Gasteiger partial charge in [0.05, 0.1) is 30.2 Å². The first-order valence-corrected chi connectivity index (χ1v) is 6.67. The molecule has 1 unspecified atom stereocenters.